The van der Waals surface area contributed by atoms with Crippen LogP contribution in [0.25, 0.3) is 0 Å². The second-order valence-electron chi connectivity index (χ2n) is 2.70. The van der Waals surface area contributed by atoms with Crippen LogP contribution in [0, 0.1) is 0 Å². The van der Waals surface area contributed by atoms with E-state index in [-0.39, 0.29) is 5.91 Å². The molecule has 1 amide bonds. The highest BCUT2D eigenvalue weighted by Crippen LogP contribution is 2.20. The van der Waals surface area contributed by atoms with Gasteiger partial charge in [-0.05, 0) is 22.0 Å². The van der Waals surface area contributed by atoms with E-state index in [0.29, 0.717) is 15.2 Å². The molecule has 0 N–H and O–H groups in total. The lowest BCUT2D eigenvalue weighted by molar-refractivity contribution is 0.0827. The average Bonchev–Trinajstić information content (AvgIpc) is 2.08. The van der Waals surface area contributed by atoms with Crippen molar-refractivity contribution >= 4 is 33.4 Å². The van der Waals surface area contributed by atoms with Crippen LogP contribution in [0.1, 0.15) is 10.4 Å². The number of pyridine rings is 1. The van der Waals surface area contributed by atoms with E-state index in [0.717, 1.165) is 0 Å². The molecule has 0 spiro atoms. The smallest absolute Gasteiger partial charge is 0.254 e. The summed E-state index contributed by atoms with van der Waals surface area (Å²) >= 11 is 8.88. The summed E-state index contributed by atoms with van der Waals surface area (Å²) in [5.41, 5.74) is 0.515. The van der Waals surface area contributed by atoms with Crippen LogP contribution in [0.2, 0.25) is 5.15 Å². The summed E-state index contributed by atoms with van der Waals surface area (Å²) in [5, 5.41) is 0.357. The molecule has 1 heterocycles. The predicted octanol–water partition coefficient (Wildman–Crippen LogP) is 2.20. The molecule has 1 aromatic heterocycles. The normalized spacial score (nSPS) is 9.85. The Balaban J connectivity index is 3.04. The molecular weight excluding hydrogens is 255 g/mol. The zero-order valence-corrected chi connectivity index (χ0v) is 9.56. The Morgan fingerprint density at radius 3 is 2.69 bits per heavy atom. The van der Waals surface area contributed by atoms with E-state index in [4.69, 9.17) is 11.6 Å². The van der Waals surface area contributed by atoms with E-state index in [2.05, 4.69) is 20.9 Å². The van der Waals surface area contributed by atoms with Gasteiger partial charge in [0.05, 0.1) is 10.0 Å². The number of aromatic nitrogens is 1. The Kier molecular flexibility index (Phi) is 3.27. The minimum Gasteiger partial charge on any atom is -0.345 e. The number of hydrogen-bond acceptors (Lipinski definition) is 2. The average molecular weight is 264 g/mol. The first-order valence-electron chi connectivity index (χ1n) is 3.55. The van der Waals surface area contributed by atoms with Gasteiger partial charge in [0.15, 0.2) is 0 Å². The van der Waals surface area contributed by atoms with Crippen molar-refractivity contribution in [2.75, 3.05) is 14.1 Å². The molecule has 0 saturated carbocycles. The highest BCUT2D eigenvalue weighted by Gasteiger charge is 2.09. The van der Waals surface area contributed by atoms with Crippen LogP contribution in [-0.2, 0) is 0 Å². The third kappa shape index (κ3) is 2.42. The molecular formula is C8H8BrClN2O. The van der Waals surface area contributed by atoms with Crippen molar-refractivity contribution < 1.29 is 4.79 Å². The molecule has 1 aromatic rings. The molecule has 0 bridgehead atoms. The van der Waals surface area contributed by atoms with Crippen molar-refractivity contribution in [2.24, 2.45) is 0 Å². The van der Waals surface area contributed by atoms with E-state index >= 15 is 0 Å². The van der Waals surface area contributed by atoms with Crippen molar-refractivity contribution in [1.82, 2.24) is 9.88 Å². The van der Waals surface area contributed by atoms with Crippen molar-refractivity contribution in [3.05, 3.63) is 27.5 Å². The van der Waals surface area contributed by atoms with Crippen LogP contribution in [0.4, 0.5) is 0 Å². The van der Waals surface area contributed by atoms with Gasteiger partial charge < -0.3 is 4.90 Å². The molecule has 0 aliphatic heterocycles. The van der Waals surface area contributed by atoms with Gasteiger partial charge in [-0.3, -0.25) is 4.79 Å². The fourth-order valence-electron chi connectivity index (χ4n) is 0.796. The molecule has 70 valence electrons. The van der Waals surface area contributed by atoms with E-state index in [9.17, 15) is 4.79 Å². The van der Waals surface area contributed by atoms with Crippen LogP contribution in [0.3, 0.4) is 0 Å². The van der Waals surface area contributed by atoms with Crippen LogP contribution >= 0.6 is 27.5 Å². The molecule has 0 atom stereocenters. The van der Waals surface area contributed by atoms with Crippen molar-refractivity contribution in [1.29, 1.82) is 0 Å². The topological polar surface area (TPSA) is 33.2 Å². The van der Waals surface area contributed by atoms with E-state index in [1.165, 1.54) is 11.1 Å². The Labute approximate surface area is 89.8 Å². The summed E-state index contributed by atoms with van der Waals surface area (Å²) in [6.45, 7) is 0. The van der Waals surface area contributed by atoms with Gasteiger partial charge in [0.1, 0.15) is 5.15 Å². The fourth-order valence-corrected chi connectivity index (χ4v) is 1.25. The van der Waals surface area contributed by atoms with Crippen molar-refractivity contribution in [3.8, 4) is 0 Å². The van der Waals surface area contributed by atoms with Gasteiger partial charge in [0.25, 0.3) is 5.91 Å². The summed E-state index contributed by atoms with van der Waals surface area (Å²) in [7, 11) is 3.37. The number of halogens is 2. The third-order valence-corrected chi connectivity index (χ3v) is 2.58. The molecule has 1 rings (SSSR count). The predicted molar refractivity (Wildman–Crippen MR) is 55.0 cm³/mol. The fraction of sp³-hybridized carbons (Fsp3) is 0.250. The molecule has 3 nitrogen and oxygen atoms in total. The van der Waals surface area contributed by atoms with Gasteiger partial charge in [0, 0.05) is 20.3 Å². The Morgan fingerprint density at radius 1 is 1.62 bits per heavy atom. The molecule has 0 fully saturated rings. The maximum atomic E-state index is 11.4. The zero-order valence-electron chi connectivity index (χ0n) is 7.21. The highest BCUT2D eigenvalue weighted by molar-refractivity contribution is 9.10. The number of amides is 1. The zero-order chi connectivity index (χ0) is 10.0. The van der Waals surface area contributed by atoms with Gasteiger partial charge in [-0.25, -0.2) is 4.98 Å². The number of hydrogen-bond donors (Lipinski definition) is 0. The lowest BCUT2D eigenvalue weighted by atomic mass is 10.2. The van der Waals surface area contributed by atoms with Gasteiger partial charge in [-0.15, -0.1) is 0 Å². The quantitative estimate of drug-likeness (QED) is 0.728. The molecule has 0 saturated heterocycles. The SMILES string of the molecule is CN(C)C(=O)c1cnc(Cl)c(Br)c1. The van der Waals surface area contributed by atoms with E-state index in [1.54, 1.807) is 20.2 Å². The van der Waals surface area contributed by atoms with E-state index in [1.807, 2.05) is 0 Å². The number of nitrogens with zero attached hydrogens (tertiary/aromatic N) is 2. The molecule has 5 heteroatoms. The Morgan fingerprint density at radius 2 is 2.23 bits per heavy atom. The largest absolute Gasteiger partial charge is 0.345 e. The van der Waals surface area contributed by atoms with Gasteiger partial charge in [-0.1, -0.05) is 11.6 Å². The first-order valence-corrected chi connectivity index (χ1v) is 4.72. The first kappa shape index (κ1) is 10.5. The summed E-state index contributed by atoms with van der Waals surface area (Å²) in [5.74, 6) is -0.0927. The van der Waals surface area contributed by atoms with Gasteiger partial charge in [0.2, 0.25) is 0 Å². The van der Waals surface area contributed by atoms with E-state index < -0.39 is 0 Å². The van der Waals surface area contributed by atoms with Crippen LogP contribution in [0.15, 0.2) is 16.7 Å². The number of carbonyl (C=O) groups excluding carboxylic acids is 1. The summed E-state index contributed by atoms with van der Waals surface area (Å²) < 4.78 is 0.627. The second kappa shape index (κ2) is 4.07. The van der Waals surface area contributed by atoms with Gasteiger partial charge in [-0.2, -0.15) is 0 Å². The summed E-state index contributed by atoms with van der Waals surface area (Å²) in [6, 6.07) is 1.65. The third-order valence-electron chi connectivity index (χ3n) is 1.45. The Hall–Kier alpha value is -0.610. The molecule has 0 aromatic carbocycles. The molecule has 13 heavy (non-hydrogen) atoms. The Bertz CT molecular complexity index is 341. The molecule has 0 aliphatic carbocycles. The molecule has 0 unspecified atom stereocenters. The second-order valence-corrected chi connectivity index (χ2v) is 3.91. The summed E-state index contributed by atoms with van der Waals surface area (Å²) in [6.07, 6.45) is 1.45. The maximum Gasteiger partial charge on any atom is 0.254 e. The number of carbonyl (C=O) groups is 1. The lowest BCUT2D eigenvalue weighted by Crippen LogP contribution is -2.21. The minimum atomic E-state index is -0.0927. The summed E-state index contributed by atoms with van der Waals surface area (Å²) in [4.78, 5) is 16.8. The lowest BCUT2D eigenvalue weighted by Gasteiger charge is -2.09. The van der Waals surface area contributed by atoms with Crippen LogP contribution < -0.4 is 0 Å². The van der Waals surface area contributed by atoms with Gasteiger partial charge >= 0.3 is 0 Å². The first-order chi connectivity index (χ1) is 6.02. The molecule has 0 aliphatic rings. The standard InChI is InChI=1S/C8H8BrClN2O/c1-12(2)8(13)5-3-6(9)7(10)11-4-5/h3-4H,1-2H3. The maximum absolute atomic E-state index is 11.4. The number of rotatable bonds is 1. The minimum absolute atomic E-state index is 0.0927. The van der Waals surface area contributed by atoms with Crippen LogP contribution in [0.5, 0.6) is 0 Å². The van der Waals surface area contributed by atoms with Crippen molar-refractivity contribution in [2.45, 2.75) is 0 Å². The monoisotopic (exact) mass is 262 g/mol. The van der Waals surface area contributed by atoms with Crippen molar-refractivity contribution in [3.63, 3.8) is 0 Å². The van der Waals surface area contributed by atoms with Crippen LogP contribution in [-0.4, -0.2) is 29.9 Å². The highest BCUT2D eigenvalue weighted by atomic mass is 79.9. The molecule has 0 radical (unpaired) electrons.